The van der Waals surface area contributed by atoms with Gasteiger partial charge in [0, 0.05) is 19.7 Å². The number of rotatable bonds is 7. The van der Waals surface area contributed by atoms with Gasteiger partial charge in [0.1, 0.15) is 5.69 Å². The number of aliphatic hydroxyl groups is 1. The van der Waals surface area contributed by atoms with Gasteiger partial charge < -0.3 is 10.4 Å². The van der Waals surface area contributed by atoms with E-state index in [9.17, 15) is 4.79 Å². The average Bonchev–Trinajstić information content (AvgIpc) is 2.35. The molecule has 6 heteroatoms. The van der Waals surface area contributed by atoms with Crippen molar-refractivity contribution in [3.05, 3.63) is 21.0 Å². The topological polar surface area (TPSA) is 67.2 Å². The predicted molar refractivity (Wildman–Crippen MR) is 87.5 cm³/mol. The highest BCUT2D eigenvalue weighted by atomic mass is 79.9. The predicted octanol–water partition coefficient (Wildman–Crippen LogP) is 2.63. The number of nitrogens with zero attached hydrogens (tertiary/aromatic N) is 2. The first-order chi connectivity index (χ1) is 9.93. The summed E-state index contributed by atoms with van der Waals surface area (Å²) >= 11 is 3.40. The monoisotopic (exact) mass is 357 g/mol. The normalized spacial score (nSPS) is 15.8. The molecule has 1 fully saturated rings. The Bertz CT molecular complexity index is 538. The van der Waals surface area contributed by atoms with Crippen LogP contribution in [0.5, 0.6) is 0 Å². The Kier molecular flexibility index (Phi) is 5.43. The van der Waals surface area contributed by atoms with Gasteiger partial charge in [0.2, 0.25) is 0 Å². The lowest BCUT2D eigenvalue weighted by Crippen LogP contribution is -2.33. The van der Waals surface area contributed by atoms with Crippen molar-refractivity contribution >= 4 is 21.6 Å². The summed E-state index contributed by atoms with van der Waals surface area (Å²) in [6, 6.07) is 0. The number of aliphatic hydroxyl groups excluding tert-OH is 1. The molecule has 1 saturated carbocycles. The Morgan fingerprint density at radius 2 is 2.24 bits per heavy atom. The maximum absolute atomic E-state index is 12.5. The Balaban J connectivity index is 2.10. The van der Waals surface area contributed by atoms with Gasteiger partial charge >= 0.3 is 0 Å². The minimum atomic E-state index is -0.0731. The quantitative estimate of drug-likeness (QED) is 0.786. The molecule has 0 amide bonds. The van der Waals surface area contributed by atoms with E-state index in [4.69, 9.17) is 5.11 Å². The number of anilines is 1. The first kappa shape index (κ1) is 16.5. The molecule has 118 valence electrons. The molecule has 0 saturated heterocycles. The molecule has 0 radical (unpaired) electrons. The van der Waals surface area contributed by atoms with Crippen LogP contribution in [0.2, 0.25) is 0 Å². The first-order valence-corrected chi connectivity index (χ1v) is 8.32. The van der Waals surface area contributed by atoms with E-state index < -0.39 is 0 Å². The van der Waals surface area contributed by atoms with Crippen molar-refractivity contribution in [3.63, 3.8) is 0 Å². The molecule has 1 aliphatic carbocycles. The SMILES string of the molecule is CC(C)(CCO)CNc1c(Br)cnn(CC2CCC2)c1=O. The third-order valence-corrected chi connectivity index (χ3v) is 4.79. The Morgan fingerprint density at radius 3 is 2.81 bits per heavy atom. The van der Waals surface area contributed by atoms with Crippen molar-refractivity contribution in [3.8, 4) is 0 Å². The average molecular weight is 358 g/mol. The zero-order chi connectivity index (χ0) is 15.5. The second-order valence-corrected chi connectivity index (χ2v) is 7.50. The lowest BCUT2D eigenvalue weighted by molar-refractivity contribution is 0.220. The van der Waals surface area contributed by atoms with Crippen LogP contribution in [-0.4, -0.2) is 28.0 Å². The van der Waals surface area contributed by atoms with Gasteiger partial charge in [-0.05, 0) is 46.5 Å². The molecular formula is C15H24BrN3O2. The van der Waals surface area contributed by atoms with Crippen LogP contribution in [0.4, 0.5) is 5.69 Å². The van der Waals surface area contributed by atoms with Crippen LogP contribution in [0.3, 0.4) is 0 Å². The van der Waals surface area contributed by atoms with Crippen LogP contribution >= 0.6 is 15.9 Å². The Morgan fingerprint density at radius 1 is 1.52 bits per heavy atom. The van der Waals surface area contributed by atoms with Crippen molar-refractivity contribution in [1.29, 1.82) is 0 Å². The molecule has 1 aromatic heterocycles. The molecule has 1 aromatic rings. The molecule has 0 aliphatic heterocycles. The second-order valence-electron chi connectivity index (χ2n) is 6.64. The molecule has 0 atom stereocenters. The van der Waals surface area contributed by atoms with E-state index in [-0.39, 0.29) is 17.6 Å². The van der Waals surface area contributed by atoms with E-state index in [2.05, 4.69) is 40.2 Å². The third kappa shape index (κ3) is 4.30. The highest BCUT2D eigenvalue weighted by Crippen LogP contribution is 2.28. The molecular weight excluding hydrogens is 334 g/mol. The van der Waals surface area contributed by atoms with Gasteiger partial charge in [0.05, 0.1) is 10.7 Å². The molecule has 2 N–H and O–H groups in total. The molecule has 1 aliphatic rings. The summed E-state index contributed by atoms with van der Waals surface area (Å²) < 4.78 is 2.26. The van der Waals surface area contributed by atoms with Crippen LogP contribution in [0.25, 0.3) is 0 Å². The van der Waals surface area contributed by atoms with Gasteiger partial charge in [-0.15, -0.1) is 0 Å². The molecule has 21 heavy (non-hydrogen) atoms. The Hall–Kier alpha value is -0.880. The van der Waals surface area contributed by atoms with Crippen molar-refractivity contribution in [2.45, 2.75) is 46.1 Å². The maximum atomic E-state index is 12.5. The van der Waals surface area contributed by atoms with Crippen molar-refractivity contribution in [2.24, 2.45) is 11.3 Å². The molecule has 0 unspecified atom stereocenters. The summed E-state index contributed by atoms with van der Waals surface area (Å²) in [5.41, 5.74) is 0.425. The summed E-state index contributed by atoms with van der Waals surface area (Å²) in [6.45, 7) is 5.63. The van der Waals surface area contributed by atoms with Crippen LogP contribution in [0.1, 0.15) is 39.5 Å². The summed E-state index contributed by atoms with van der Waals surface area (Å²) in [5, 5.41) is 16.5. The van der Waals surface area contributed by atoms with Crippen LogP contribution in [-0.2, 0) is 6.54 Å². The van der Waals surface area contributed by atoms with Crippen molar-refractivity contribution in [2.75, 3.05) is 18.5 Å². The van der Waals surface area contributed by atoms with E-state index >= 15 is 0 Å². The van der Waals surface area contributed by atoms with E-state index in [0.717, 1.165) is 0 Å². The summed E-state index contributed by atoms with van der Waals surface area (Å²) in [6.07, 6.45) is 6.02. The summed E-state index contributed by atoms with van der Waals surface area (Å²) in [4.78, 5) is 12.5. The second kappa shape index (κ2) is 6.92. The van der Waals surface area contributed by atoms with Crippen LogP contribution < -0.4 is 10.9 Å². The van der Waals surface area contributed by atoms with Gasteiger partial charge in [-0.1, -0.05) is 20.3 Å². The minimum absolute atomic E-state index is 0.0668. The molecule has 1 heterocycles. The molecule has 5 nitrogen and oxygen atoms in total. The lowest BCUT2D eigenvalue weighted by Gasteiger charge is -2.26. The molecule has 2 rings (SSSR count). The maximum Gasteiger partial charge on any atom is 0.291 e. The zero-order valence-electron chi connectivity index (χ0n) is 12.7. The van der Waals surface area contributed by atoms with E-state index in [0.29, 0.717) is 35.6 Å². The third-order valence-electron chi connectivity index (χ3n) is 4.19. The van der Waals surface area contributed by atoms with Crippen molar-refractivity contribution in [1.82, 2.24) is 9.78 Å². The highest BCUT2D eigenvalue weighted by Gasteiger charge is 2.21. The fourth-order valence-corrected chi connectivity index (χ4v) is 2.80. The highest BCUT2D eigenvalue weighted by molar-refractivity contribution is 9.10. The molecule has 0 bridgehead atoms. The lowest BCUT2D eigenvalue weighted by atomic mass is 9.85. The van der Waals surface area contributed by atoms with Crippen LogP contribution in [0.15, 0.2) is 15.5 Å². The summed E-state index contributed by atoms with van der Waals surface area (Å²) in [7, 11) is 0. The van der Waals surface area contributed by atoms with Crippen LogP contribution in [0, 0.1) is 11.3 Å². The number of hydrogen-bond donors (Lipinski definition) is 2. The van der Waals surface area contributed by atoms with E-state index in [1.165, 1.54) is 19.3 Å². The first-order valence-electron chi connectivity index (χ1n) is 7.53. The van der Waals surface area contributed by atoms with Gasteiger partial charge in [0.25, 0.3) is 5.56 Å². The smallest absolute Gasteiger partial charge is 0.291 e. The molecule has 0 spiro atoms. The van der Waals surface area contributed by atoms with Gasteiger partial charge in [-0.2, -0.15) is 5.10 Å². The Labute approximate surface area is 133 Å². The van der Waals surface area contributed by atoms with Crippen molar-refractivity contribution < 1.29 is 5.11 Å². The van der Waals surface area contributed by atoms with E-state index in [1.807, 2.05) is 0 Å². The standard InChI is InChI=1S/C15H24BrN3O2/c1-15(2,6-7-20)10-17-13-12(16)8-18-19(14(13)21)9-11-4-3-5-11/h8,11,17,20H,3-7,9-10H2,1-2H3. The minimum Gasteiger partial charge on any atom is -0.396 e. The van der Waals surface area contributed by atoms with Gasteiger partial charge in [-0.25, -0.2) is 4.68 Å². The zero-order valence-corrected chi connectivity index (χ0v) is 14.3. The van der Waals surface area contributed by atoms with Gasteiger partial charge in [0.15, 0.2) is 0 Å². The number of aromatic nitrogens is 2. The fraction of sp³-hybridized carbons (Fsp3) is 0.733. The summed E-state index contributed by atoms with van der Waals surface area (Å²) in [5.74, 6) is 0.593. The number of nitrogens with one attached hydrogen (secondary N) is 1. The number of hydrogen-bond acceptors (Lipinski definition) is 4. The van der Waals surface area contributed by atoms with E-state index in [1.54, 1.807) is 10.9 Å². The molecule has 0 aromatic carbocycles. The largest absolute Gasteiger partial charge is 0.396 e. The fourth-order valence-electron chi connectivity index (χ4n) is 2.40. The van der Waals surface area contributed by atoms with Gasteiger partial charge in [-0.3, -0.25) is 4.79 Å². The number of halogens is 1.